The maximum atomic E-state index is 12.7. The van der Waals surface area contributed by atoms with E-state index in [1.54, 1.807) is 13.8 Å². The summed E-state index contributed by atoms with van der Waals surface area (Å²) in [6, 6.07) is 0. The molecule has 2 fully saturated rings. The maximum Gasteiger partial charge on any atom is 0.408 e. The third-order valence-corrected chi connectivity index (χ3v) is 6.42. The lowest BCUT2D eigenvalue weighted by molar-refractivity contribution is -0.137. The Morgan fingerprint density at radius 2 is 1.59 bits per heavy atom. The average Bonchev–Trinajstić information content (AvgIpc) is 3.27. The van der Waals surface area contributed by atoms with Gasteiger partial charge in [-0.15, -0.1) is 0 Å². The summed E-state index contributed by atoms with van der Waals surface area (Å²) >= 11 is 0. The van der Waals surface area contributed by atoms with Crippen LogP contribution in [0.5, 0.6) is 0 Å². The van der Waals surface area contributed by atoms with Gasteiger partial charge in [-0.1, -0.05) is 52.4 Å². The maximum absolute atomic E-state index is 12.7. The van der Waals surface area contributed by atoms with E-state index in [4.69, 9.17) is 9.47 Å². The quantitative estimate of drug-likeness (QED) is 0.436. The summed E-state index contributed by atoms with van der Waals surface area (Å²) < 4.78 is 11.5. The zero-order valence-electron chi connectivity index (χ0n) is 18.9. The molecule has 2 aliphatic heterocycles. The molecule has 2 saturated heterocycles. The molecule has 2 rings (SSSR count). The van der Waals surface area contributed by atoms with Gasteiger partial charge in [-0.2, -0.15) is 0 Å². The van der Waals surface area contributed by atoms with Crippen molar-refractivity contribution in [3.05, 3.63) is 0 Å². The van der Waals surface area contributed by atoms with E-state index in [1.807, 2.05) is 0 Å². The van der Waals surface area contributed by atoms with Crippen molar-refractivity contribution in [1.29, 1.82) is 0 Å². The van der Waals surface area contributed by atoms with Crippen LogP contribution < -0.4 is 10.6 Å². The fraction of sp³-hybridized carbons (Fsp3) is 0.913. The SMILES string of the molecule is CCCCCCC[C@H]1[C@@H](CNC(=O)C(C)(C)OC(=O)NCCCC)[C@H]2CC[C@@H]1O2. The molecule has 0 aromatic heterocycles. The monoisotopic (exact) mass is 410 g/mol. The molecule has 2 aliphatic rings. The van der Waals surface area contributed by atoms with Crippen LogP contribution in [0.4, 0.5) is 4.79 Å². The molecule has 2 N–H and O–H groups in total. The minimum atomic E-state index is -1.19. The summed E-state index contributed by atoms with van der Waals surface area (Å²) in [6.07, 6.45) is 11.8. The average molecular weight is 411 g/mol. The molecule has 0 spiro atoms. The summed E-state index contributed by atoms with van der Waals surface area (Å²) in [7, 11) is 0. The highest BCUT2D eigenvalue weighted by molar-refractivity contribution is 5.86. The highest BCUT2D eigenvalue weighted by atomic mass is 16.6. The van der Waals surface area contributed by atoms with Crippen LogP contribution in [-0.2, 0) is 14.3 Å². The Hall–Kier alpha value is -1.30. The molecular formula is C23H42N2O4. The van der Waals surface area contributed by atoms with Crippen molar-refractivity contribution >= 4 is 12.0 Å². The second kappa shape index (κ2) is 11.8. The molecule has 168 valence electrons. The first-order valence-corrected chi connectivity index (χ1v) is 11.8. The predicted octanol–water partition coefficient (Wildman–Crippen LogP) is 4.56. The first-order chi connectivity index (χ1) is 13.9. The van der Waals surface area contributed by atoms with Gasteiger partial charge in [0.15, 0.2) is 5.60 Å². The number of hydrogen-bond donors (Lipinski definition) is 2. The van der Waals surface area contributed by atoms with E-state index < -0.39 is 11.7 Å². The van der Waals surface area contributed by atoms with Crippen molar-refractivity contribution in [2.45, 2.75) is 110 Å². The molecule has 6 heteroatoms. The number of fused-ring (bicyclic) bond motifs is 2. The van der Waals surface area contributed by atoms with Crippen LogP contribution in [-0.4, -0.2) is 42.9 Å². The van der Waals surface area contributed by atoms with Crippen LogP contribution >= 0.6 is 0 Å². The van der Waals surface area contributed by atoms with E-state index in [-0.39, 0.29) is 12.0 Å². The van der Waals surface area contributed by atoms with Gasteiger partial charge in [0.1, 0.15) is 0 Å². The number of amides is 2. The Balaban J connectivity index is 1.78. The van der Waals surface area contributed by atoms with Gasteiger partial charge < -0.3 is 20.1 Å². The number of carbonyl (C=O) groups excluding carboxylic acids is 2. The molecule has 0 aromatic carbocycles. The van der Waals surface area contributed by atoms with Gasteiger partial charge in [0.05, 0.1) is 12.2 Å². The van der Waals surface area contributed by atoms with Crippen LogP contribution in [0, 0.1) is 11.8 Å². The zero-order chi connectivity index (χ0) is 21.3. The number of carbonyl (C=O) groups is 2. The van der Waals surface area contributed by atoms with Crippen LogP contribution in [0.25, 0.3) is 0 Å². The minimum Gasteiger partial charge on any atom is -0.433 e. The number of unbranched alkanes of at least 4 members (excludes halogenated alkanes) is 5. The van der Waals surface area contributed by atoms with Gasteiger partial charge in [0.2, 0.25) is 0 Å². The number of hydrogen-bond acceptors (Lipinski definition) is 4. The Kier molecular flexibility index (Phi) is 9.73. The van der Waals surface area contributed by atoms with Crippen molar-refractivity contribution in [1.82, 2.24) is 10.6 Å². The van der Waals surface area contributed by atoms with Crippen molar-refractivity contribution in [3.63, 3.8) is 0 Å². The third kappa shape index (κ3) is 7.16. The minimum absolute atomic E-state index is 0.243. The molecule has 0 radical (unpaired) electrons. The van der Waals surface area contributed by atoms with Gasteiger partial charge in [-0.3, -0.25) is 4.79 Å². The summed E-state index contributed by atoms with van der Waals surface area (Å²) in [6.45, 7) is 8.75. The van der Waals surface area contributed by atoms with Crippen molar-refractivity contribution in [3.8, 4) is 0 Å². The standard InChI is InChI=1S/C23H42N2O4/c1-5-7-9-10-11-12-17-18(20-14-13-19(17)28-20)16-25-21(26)23(3,4)29-22(27)24-15-8-6-2/h17-20H,5-16H2,1-4H3,(H,24,27)(H,25,26)/t17-,18+,19-,20+/m0/s1. The predicted molar refractivity (Wildman–Crippen MR) is 115 cm³/mol. The fourth-order valence-electron chi connectivity index (χ4n) is 4.64. The Bertz CT molecular complexity index is 523. The molecule has 29 heavy (non-hydrogen) atoms. The van der Waals surface area contributed by atoms with Gasteiger partial charge in [0, 0.05) is 19.0 Å². The highest BCUT2D eigenvalue weighted by Crippen LogP contribution is 2.45. The third-order valence-electron chi connectivity index (χ3n) is 6.42. The molecule has 2 bridgehead atoms. The lowest BCUT2D eigenvalue weighted by atomic mass is 9.76. The van der Waals surface area contributed by atoms with E-state index in [0.717, 1.165) is 25.7 Å². The molecule has 2 heterocycles. The summed E-state index contributed by atoms with van der Waals surface area (Å²) in [4.78, 5) is 24.6. The molecule has 4 atom stereocenters. The normalized spacial score (nSPS) is 25.8. The van der Waals surface area contributed by atoms with Gasteiger partial charge in [0.25, 0.3) is 5.91 Å². The fourth-order valence-corrected chi connectivity index (χ4v) is 4.64. The van der Waals surface area contributed by atoms with Crippen molar-refractivity contribution in [2.75, 3.05) is 13.1 Å². The first kappa shape index (κ1) is 24.0. The smallest absolute Gasteiger partial charge is 0.408 e. The molecule has 0 aliphatic carbocycles. The number of nitrogens with one attached hydrogen (secondary N) is 2. The van der Waals surface area contributed by atoms with E-state index in [1.165, 1.54) is 38.5 Å². The van der Waals surface area contributed by atoms with E-state index in [2.05, 4.69) is 24.5 Å². The van der Waals surface area contributed by atoms with Crippen LogP contribution in [0.1, 0.15) is 91.9 Å². The number of rotatable bonds is 13. The molecule has 0 aromatic rings. The van der Waals surface area contributed by atoms with Crippen LogP contribution in [0.15, 0.2) is 0 Å². The molecule has 0 saturated carbocycles. The topological polar surface area (TPSA) is 76.7 Å². The lowest BCUT2D eigenvalue weighted by Crippen LogP contribution is -2.49. The van der Waals surface area contributed by atoms with E-state index in [0.29, 0.717) is 31.0 Å². The van der Waals surface area contributed by atoms with Crippen LogP contribution in [0.3, 0.4) is 0 Å². The Morgan fingerprint density at radius 1 is 0.931 bits per heavy atom. The highest BCUT2D eigenvalue weighted by Gasteiger charge is 2.48. The lowest BCUT2D eigenvalue weighted by Gasteiger charge is -2.30. The van der Waals surface area contributed by atoms with Crippen molar-refractivity contribution < 1.29 is 19.1 Å². The van der Waals surface area contributed by atoms with E-state index in [9.17, 15) is 9.59 Å². The van der Waals surface area contributed by atoms with Crippen LogP contribution in [0.2, 0.25) is 0 Å². The number of ether oxygens (including phenoxy) is 2. The number of alkyl carbamates (subject to hydrolysis) is 1. The second-order valence-electron chi connectivity index (χ2n) is 9.21. The Labute approximate surface area is 176 Å². The van der Waals surface area contributed by atoms with Crippen molar-refractivity contribution in [2.24, 2.45) is 11.8 Å². The summed E-state index contributed by atoms with van der Waals surface area (Å²) in [5.41, 5.74) is -1.19. The first-order valence-electron chi connectivity index (χ1n) is 11.8. The zero-order valence-corrected chi connectivity index (χ0v) is 18.9. The largest absolute Gasteiger partial charge is 0.433 e. The molecular weight excluding hydrogens is 368 g/mol. The van der Waals surface area contributed by atoms with Gasteiger partial charge >= 0.3 is 6.09 Å². The Morgan fingerprint density at radius 3 is 2.28 bits per heavy atom. The summed E-state index contributed by atoms with van der Waals surface area (Å²) in [5, 5.41) is 5.74. The van der Waals surface area contributed by atoms with E-state index >= 15 is 0 Å². The molecule has 0 unspecified atom stereocenters. The van der Waals surface area contributed by atoms with Gasteiger partial charge in [-0.25, -0.2) is 4.79 Å². The molecule has 6 nitrogen and oxygen atoms in total. The van der Waals surface area contributed by atoms with Gasteiger partial charge in [-0.05, 0) is 45.4 Å². The summed E-state index contributed by atoms with van der Waals surface area (Å²) in [5.74, 6) is 0.669. The molecule has 2 amide bonds. The second-order valence-corrected chi connectivity index (χ2v) is 9.21.